The molecule has 0 radical (unpaired) electrons. The zero-order valence-corrected chi connectivity index (χ0v) is 13.8. The number of amides is 4. The number of carbonyl (C=O) groups is 3. The zero-order valence-electron chi connectivity index (χ0n) is 13.8. The molecule has 3 rings (SSSR count). The van der Waals surface area contributed by atoms with Gasteiger partial charge in [0.25, 0.3) is 0 Å². The van der Waals surface area contributed by atoms with Gasteiger partial charge in [-0.3, -0.25) is 19.8 Å². The van der Waals surface area contributed by atoms with Gasteiger partial charge < -0.3 is 10.2 Å². The number of urea groups is 1. The van der Waals surface area contributed by atoms with E-state index in [1.165, 1.54) is 6.07 Å². The minimum Gasteiger partial charge on any atom is -0.338 e. The molecule has 0 spiro atoms. The van der Waals surface area contributed by atoms with Gasteiger partial charge in [-0.2, -0.15) is 0 Å². The lowest BCUT2D eigenvalue weighted by Crippen LogP contribution is -2.55. The van der Waals surface area contributed by atoms with E-state index >= 15 is 0 Å². The van der Waals surface area contributed by atoms with E-state index in [2.05, 4.69) is 15.5 Å². The largest absolute Gasteiger partial charge is 0.338 e. The van der Waals surface area contributed by atoms with Crippen molar-refractivity contribution >= 4 is 17.8 Å². The van der Waals surface area contributed by atoms with Gasteiger partial charge in [0.05, 0.1) is 0 Å². The summed E-state index contributed by atoms with van der Waals surface area (Å²) < 4.78 is 13.7. The summed E-state index contributed by atoms with van der Waals surface area (Å²) in [7, 11) is 0. The molecule has 1 unspecified atom stereocenters. The summed E-state index contributed by atoms with van der Waals surface area (Å²) in [4.78, 5) is 39.2. The molecule has 0 bridgehead atoms. The maximum absolute atomic E-state index is 13.7. The molecule has 0 saturated carbocycles. The van der Waals surface area contributed by atoms with Crippen molar-refractivity contribution in [3.05, 3.63) is 35.6 Å². The second kappa shape index (κ2) is 7.60. The second-order valence-corrected chi connectivity index (χ2v) is 6.31. The number of piperazine rings is 1. The molecular weight excluding hydrogens is 327 g/mol. The molecule has 2 saturated heterocycles. The van der Waals surface area contributed by atoms with Crippen molar-refractivity contribution in [2.75, 3.05) is 26.2 Å². The first-order chi connectivity index (χ1) is 12.0. The number of hydrogen-bond acceptors (Lipinski definition) is 4. The third-order valence-electron chi connectivity index (χ3n) is 4.55. The van der Waals surface area contributed by atoms with Crippen LogP contribution in [0.2, 0.25) is 0 Å². The first-order valence-electron chi connectivity index (χ1n) is 8.38. The second-order valence-electron chi connectivity index (χ2n) is 6.31. The SMILES string of the molecule is O=C1CCC(C(=O)N2CCN(Cc3ccccc3F)CC2)NC(=O)N1. The monoisotopic (exact) mass is 348 g/mol. The Balaban J connectivity index is 1.53. The summed E-state index contributed by atoms with van der Waals surface area (Å²) in [5.41, 5.74) is 0.642. The summed E-state index contributed by atoms with van der Waals surface area (Å²) >= 11 is 0. The molecule has 0 aromatic heterocycles. The van der Waals surface area contributed by atoms with Gasteiger partial charge in [-0.15, -0.1) is 0 Å². The molecule has 2 heterocycles. The van der Waals surface area contributed by atoms with Crippen LogP contribution >= 0.6 is 0 Å². The summed E-state index contributed by atoms with van der Waals surface area (Å²) in [5, 5.41) is 4.71. The molecule has 1 aromatic carbocycles. The van der Waals surface area contributed by atoms with Gasteiger partial charge in [0.1, 0.15) is 11.9 Å². The van der Waals surface area contributed by atoms with Gasteiger partial charge in [0.15, 0.2) is 0 Å². The highest BCUT2D eigenvalue weighted by atomic mass is 19.1. The molecule has 2 aliphatic heterocycles. The molecule has 1 atom stereocenters. The van der Waals surface area contributed by atoms with Crippen molar-refractivity contribution in [2.24, 2.45) is 0 Å². The highest BCUT2D eigenvalue weighted by Gasteiger charge is 2.31. The average molecular weight is 348 g/mol. The highest BCUT2D eigenvalue weighted by molar-refractivity contribution is 5.98. The maximum Gasteiger partial charge on any atom is 0.322 e. The van der Waals surface area contributed by atoms with Crippen LogP contribution in [0.3, 0.4) is 0 Å². The third kappa shape index (κ3) is 4.33. The lowest BCUT2D eigenvalue weighted by Gasteiger charge is -2.36. The summed E-state index contributed by atoms with van der Waals surface area (Å²) in [6.07, 6.45) is 0.439. The Morgan fingerprint density at radius 1 is 1.16 bits per heavy atom. The van der Waals surface area contributed by atoms with E-state index in [0.717, 1.165) is 0 Å². The fraction of sp³-hybridized carbons (Fsp3) is 0.471. The lowest BCUT2D eigenvalue weighted by atomic mass is 10.1. The van der Waals surface area contributed by atoms with Crippen LogP contribution in [0.15, 0.2) is 24.3 Å². The maximum atomic E-state index is 13.7. The molecule has 7 nitrogen and oxygen atoms in total. The van der Waals surface area contributed by atoms with Crippen molar-refractivity contribution in [1.82, 2.24) is 20.4 Å². The zero-order chi connectivity index (χ0) is 17.8. The van der Waals surface area contributed by atoms with Crippen LogP contribution in [-0.2, 0) is 16.1 Å². The number of imide groups is 1. The standard InChI is InChI=1S/C17H21FN4O3/c18-13-4-2-1-3-12(13)11-21-7-9-22(10-8-21)16(24)14-5-6-15(23)20-17(25)19-14/h1-4,14H,5-11H2,(H2,19,20,23,25). The number of carbonyl (C=O) groups excluding carboxylic acids is 3. The fourth-order valence-corrected chi connectivity index (χ4v) is 3.13. The molecule has 2 aliphatic rings. The minimum atomic E-state index is -0.676. The van der Waals surface area contributed by atoms with Gasteiger partial charge in [0.2, 0.25) is 11.8 Å². The highest BCUT2D eigenvalue weighted by Crippen LogP contribution is 2.13. The van der Waals surface area contributed by atoms with Crippen LogP contribution in [0.25, 0.3) is 0 Å². The number of benzene rings is 1. The van der Waals surface area contributed by atoms with E-state index in [1.54, 1.807) is 17.0 Å². The van der Waals surface area contributed by atoms with Gasteiger partial charge in [-0.05, 0) is 12.5 Å². The van der Waals surface area contributed by atoms with Crippen LogP contribution < -0.4 is 10.6 Å². The van der Waals surface area contributed by atoms with Crippen molar-refractivity contribution in [2.45, 2.75) is 25.4 Å². The van der Waals surface area contributed by atoms with Crippen LogP contribution in [-0.4, -0.2) is 59.9 Å². The van der Waals surface area contributed by atoms with Crippen molar-refractivity contribution in [3.8, 4) is 0 Å². The average Bonchev–Trinajstić information content (AvgIpc) is 2.77. The third-order valence-corrected chi connectivity index (χ3v) is 4.55. The van der Waals surface area contributed by atoms with E-state index < -0.39 is 12.1 Å². The molecule has 8 heteroatoms. The number of nitrogens with zero attached hydrogens (tertiary/aromatic N) is 2. The van der Waals surface area contributed by atoms with Crippen molar-refractivity contribution in [3.63, 3.8) is 0 Å². The molecule has 2 fully saturated rings. The molecule has 1 aromatic rings. The van der Waals surface area contributed by atoms with E-state index in [9.17, 15) is 18.8 Å². The summed E-state index contributed by atoms with van der Waals surface area (Å²) in [6, 6.07) is 5.37. The molecule has 25 heavy (non-hydrogen) atoms. The normalized spacial score (nSPS) is 22.1. The fourth-order valence-electron chi connectivity index (χ4n) is 3.13. The predicted octanol–water partition coefficient (Wildman–Crippen LogP) is 0.458. The quantitative estimate of drug-likeness (QED) is 0.831. The Morgan fingerprint density at radius 3 is 2.60 bits per heavy atom. The van der Waals surface area contributed by atoms with Gasteiger partial charge >= 0.3 is 6.03 Å². The van der Waals surface area contributed by atoms with Crippen molar-refractivity contribution < 1.29 is 18.8 Å². The molecule has 4 amide bonds. The molecule has 134 valence electrons. The molecular formula is C17H21FN4O3. The Morgan fingerprint density at radius 2 is 1.88 bits per heavy atom. The van der Waals surface area contributed by atoms with E-state index in [-0.39, 0.29) is 24.1 Å². The number of rotatable bonds is 3. The van der Waals surface area contributed by atoms with Crippen LogP contribution in [0, 0.1) is 5.82 Å². The Bertz CT molecular complexity index is 674. The Kier molecular flexibility index (Phi) is 5.28. The van der Waals surface area contributed by atoms with Gasteiger partial charge in [0, 0.05) is 44.7 Å². The number of halogens is 1. The molecule has 0 aliphatic carbocycles. The Hall–Kier alpha value is -2.48. The van der Waals surface area contributed by atoms with E-state index in [1.807, 2.05) is 6.07 Å². The van der Waals surface area contributed by atoms with Gasteiger partial charge in [-0.1, -0.05) is 18.2 Å². The van der Waals surface area contributed by atoms with Crippen LogP contribution in [0.1, 0.15) is 18.4 Å². The number of nitrogens with one attached hydrogen (secondary N) is 2. The first-order valence-corrected chi connectivity index (χ1v) is 8.38. The summed E-state index contributed by atoms with van der Waals surface area (Å²) in [5.74, 6) is -0.766. The Labute approximate surface area is 145 Å². The van der Waals surface area contributed by atoms with Crippen LogP contribution in [0.4, 0.5) is 9.18 Å². The lowest BCUT2D eigenvalue weighted by molar-refractivity contribution is -0.135. The smallest absolute Gasteiger partial charge is 0.322 e. The number of hydrogen-bond donors (Lipinski definition) is 2. The van der Waals surface area contributed by atoms with E-state index in [4.69, 9.17) is 0 Å². The summed E-state index contributed by atoms with van der Waals surface area (Å²) in [6.45, 7) is 2.81. The van der Waals surface area contributed by atoms with Gasteiger partial charge in [-0.25, -0.2) is 9.18 Å². The van der Waals surface area contributed by atoms with E-state index in [0.29, 0.717) is 44.7 Å². The first kappa shape index (κ1) is 17.3. The predicted molar refractivity (Wildman–Crippen MR) is 88.0 cm³/mol. The topological polar surface area (TPSA) is 81.8 Å². The van der Waals surface area contributed by atoms with Crippen molar-refractivity contribution in [1.29, 1.82) is 0 Å². The minimum absolute atomic E-state index is 0.141. The molecule has 2 N–H and O–H groups in total. The van der Waals surface area contributed by atoms with Crippen LogP contribution in [0.5, 0.6) is 0 Å².